The minimum absolute atomic E-state index is 0.00655. The van der Waals surface area contributed by atoms with Crippen molar-refractivity contribution in [1.29, 1.82) is 0 Å². The number of hydrogen-bond donors (Lipinski definition) is 1. The van der Waals surface area contributed by atoms with Gasteiger partial charge in [0, 0.05) is 11.9 Å². The molecule has 0 saturated carbocycles. The summed E-state index contributed by atoms with van der Waals surface area (Å²) < 4.78 is 13.6. The fourth-order valence-corrected chi connectivity index (χ4v) is 3.05. The van der Waals surface area contributed by atoms with Crippen molar-refractivity contribution in [2.45, 2.75) is 26.7 Å². The van der Waals surface area contributed by atoms with Gasteiger partial charge in [-0.25, -0.2) is 4.39 Å². The molecule has 0 radical (unpaired) electrons. The molecule has 0 saturated heterocycles. The Balaban J connectivity index is 2.81. The van der Waals surface area contributed by atoms with Crippen molar-refractivity contribution < 1.29 is 9.18 Å². The van der Waals surface area contributed by atoms with Crippen LogP contribution in [0.2, 0.25) is 5.02 Å². The first-order chi connectivity index (χ1) is 8.99. The highest BCUT2D eigenvalue weighted by Gasteiger charge is 2.26. The van der Waals surface area contributed by atoms with Gasteiger partial charge in [0.05, 0.1) is 10.6 Å². The van der Waals surface area contributed by atoms with Crippen molar-refractivity contribution >= 4 is 33.4 Å². The summed E-state index contributed by atoms with van der Waals surface area (Å²) in [6.45, 7) is 4.65. The van der Waals surface area contributed by atoms with Crippen molar-refractivity contribution in [3.8, 4) is 0 Å². The number of nitrogens with one attached hydrogen (secondary N) is 1. The van der Waals surface area contributed by atoms with Gasteiger partial charge in [0.15, 0.2) is 0 Å². The van der Waals surface area contributed by atoms with E-state index in [0.717, 1.165) is 18.2 Å². The molecule has 1 aromatic carbocycles. The molecule has 0 bridgehead atoms. The Hall–Kier alpha value is -0.610. The van der Waals surface area contributed by atoms with Crippen molar-refractivity contribution in [3.63, 3.8) is 0 Å². The molecule has 0 aliphatic rings. The number of benzene rings is 1. The minimum atomic E-state index is -0.595. The highest BCUT2D eigenvalue weighted by atomic mass is 79.9. The molecule has 1 amide bonds. The third-order valence-corrected chi connectivity index (χ3v) is 5.10. The van der Waals surface area contributed by atoms with Crippen molar-refractivity contribution in [3.05, 3.63) is 34.6 Å². The summed E-state index contributed by atoms with van der Waals surface area (Å²) in [5.41, 5.74) is -0.0900. The molecule has 1 N–H and O–H groups in total. The SMILES string of the molecule is CCC(CC)(CBr)CNC(=O)c1c(F)cccc1Cl. The molecular weight excluding hydrogens is 333 g/mol. The van der Waals surface area contributed by atoms with Crippen LogP contribution in [-0.2, 0) is 0 Å². The Morgan fingerprint density at radius 1 is 1.42 bits per heavy atom. The molecule has 0 aromatic heterocycles. The van der Waals surface area contributed by atoms with Crippen LogP contribution in [0.15, 0.2) is 18.2 Å². The summed E-state index contributed by atoms with van der Waals surface area (Å²) in [5, 5.41) is 3.71. The van der Waals surface area contributed by atoms with E-state index in [0.29, 0.717) is 6.54 Å². The first-order valence-electron chi connectivity index (χ1n) is 6.28. The smallest absolute Gasteiger partial charge is 0.255 e. The molecule has 0 aliphatic heterocycles. The number of rotatable bonds is 6. The summed E-state index contributed by atoms with van der Waals surface area (Å²) >= 11 is 9.34. The van der Waals surface area contributed by atoms with E-state index in [1.807, 2.05) is 0 Å². The molecule has 1 rings (SSSR count). The van der Waals surface area contributed by atoms with Gasteiger partial charge >= 0.3 is 0 Å². The van der Waals surface area contributed by atoms with Gasteiger partial charge in [0.25, 0.3) is 5.91 Å². The molecule has 0 aliphatic carbocycles. The second-order valence-electron chi connectivity index (χ2n) is 4.62. The Bertz CT molecular complexity index is 421. The maximum atomic E-state index is 13.6. The van der Waals surface area contributed by atoms with Gasteiger partial charge in [-0.15, -0.1) is 0 Å². The van der Waals surface area contributed by atoms with Gasteiger partial charge < -0.3 is 5.32 Å². The van der Waals surface area contributed by atoms with Crippen LogP contribution in [-0.4, -0.2) is 17.8 Å². The first-order valence-corrected chi connectivity index (χ1v) is 7.77. The Kier molecular flexibility index (Phi) is 6.27. The maximum Gasteiger partial charge on any atom is 0.255 e. The number of carbonyl (C=O) groups excluding carboxylic acids is 1. The van der Waals surface area contributed by atoms with Crippen LogP contribution in [0.4, 0.5) is 4.39 Å². The average Bonchev–Trinajstić information content (AvgIpc) is 2.41. The molecular formula is C14H18BrClFNO. The van der Waals surface area contributed by atoms with E-state index in [2.05, 4.69) is 35.1 Å². The summed E-state index contributed by atoms with van der Waals surface area (Å²) in [4.78, 5) is 12.0. The lowest BCUT2D eigenvalue weighted by atomic mass is 9.84. The number of halogens is 3. The lowest BCUT2D eigenvalue weighted by Crippen LogP contribution is -2.38. The van der Waals surface area contributed by atoms with Crippen LogP contribution in [0, 0.1) is 11.2 Å². The molecule has 0 heterocycles. The number of carbonyl (C=O) groups is 1. The van der Waals surface area contributed by atoms with Gasteiger partial charge in [-0.05, 0) is 30.4 Å². The fourth-order valence-electron chi connectivity index (χ4n) is 1.81. The second kappa shape index (κ2) is 7.25. The lowest BCUT2D eigenvalue weighted by molar-refractivity contribution is 0.0928. The van der Waals surface area contributed by atoms with Crippen LogP contribution in [0.1, 0.15) is 37.0 Å². The zero-order valence-electron chi connectivity index (χ0n) is 11.1. The van der Waals surface area contributed by atoms with Crippen LogP contribution >= 0.6 is 27.5 Å². The highest BCUT2D eigenvalue weighted by Crippen LogP contribution is 2.28. The molecule has 2 nitrogen and oxygen atoms in total. The van der Waals surface area contributed by atoms with E-state index >= 15 is 0 Å². The van der Waals surface area contributed by atoms with E-state index in [1.165, 1.54) is 18.2 Å². The van der Waals surface area contributed by atoms with Crippen molar-refractivity contribution in [2.75, 3.05) is 11.9 Å². The molecule has 0 spiro atoms. The number of alkyl halides is 1. The monoisotopic (exact) mass is 349 g/mol. The summed E-state index contributed by atoms with van der Waals surface area (Å²) in [6.07, 6.45) is 1.86. The first kappa shape index (κ1) is 16.4. The molecule has 0 fully saturated rings. The zero-order chi connectivity index (χ0) is 14.5. The summed E-state index contributed by atoms with van der Waals surface area (Å²) in [6, 6.07) is 4.23. The largest absolute Gasteiger partial charge is 0.351 e. The quantitative estimate of drug-likeness (QED) is 0.757. The Morgan fingerprint density at radius 2 is 2.05 bits per heavy atom. The summed E-state index contributed by atoms with van der Waals surface area (Å²) in [7, 11) is 0. The molecule has 0 atom stereocenters. The normalized spacial score (nSPS) is 11.4. The van der Waals surface area contributed by atoms with Crippen LogP contribution in [0.25, 0.3) is 0 Å². The van der Waals surface area contributed by atoms with Crippen LogP contribution < -0.4 is 5.32 Å². The van der Waals surface area contributed by atoms with Gasteiger partial charge in [-0.3, -0.25) is 4.79 Å². The second-order valence-corrected chi connectivity index (χ2v) is 5.59. The van der Waals surface area contributed by atoms with Crippen LogP contribution in [0.5, 0.6) is 0 Å². The van der Waals surface area contributed by atoms with Gasteiger partial charge in [0.1, 0.15) is 5.82 Å². The van der Waals surface area contributed by atoms with Gasteiger partial charge in [-0.1, -0.05) is 47.4 Å². The number of hydrogen-bond acceptors (Lipinski definition) is 1. The molecule has 1 aromatic rings. The fraction of sp³-hybridized carbons (Fsp3) is 0.500. The Morgan fingerprint density at radius 3 is 2.53 bits per heavy atom. The summed E-state index contributed by atoms with van der Waals surface area (Å²) in [5.74, 6) is -1.06. The molecule has 5 heteroatoms. The molecule has 106 valence electrons. The predicted molar refractivity (Wildman–Crippen MR) is 80.6 cm³/mol. The minimum Gasteiger partial charge on any atom is -0.351 e. The Labute approximate surface area is 126 Å². The van der Waals surface area contributed by atoms with Gasteiger partial charge in [0.2, 0.25) is 0 Å². The molecule has 19 heavy (non-hydrogen) atoms. The van der Waals surface area contributed by atoms with E-state index in [1.54, 1.807) is 0 Å². The predicted octanol–water partition coefficient (Wildman–Crippen LogP) is 4.41. The third kappa shape index (κ3) is 3.93. The van der Waals surface area contributed by atoms with E-state index in [4.69, 9.17) is 11.6 Å². The van der Waals surface area contributed by atoms with Crippen molar-refractivity contribution in [1.82, 2.24) is 5.32 Å². The van der Waals surface area contributed by atoms with E-state index in [-0.39, 0.29) is 16.0 Å². The zero-order valence-corrected chi connectivity index (χ0v) is 13.4. The lowest BCUT2D eigenvalue weighted by Gasteiger charge is -2.29. The molecule has 0 unspecified atom stereocenters. The van der Waals surface area contributed by atoms with Crippen LogP contribution in [0.3, 0.4) is 0 Å². The van der Waals surface area contributed by atoms with Gasteiger partial charge in [-0.2, -0.15) is 0 Å². The maximum absolute atomic E-state index is 13.6. The third-order valence-electron chi connectivity index (χ3n) is 3.60. The van der Waals surface area contributed by atoms with E-state index in [9.17, 15) is 9.18 Å². The standard InChI is InChI=1S/C14H18BrClFNO/c1-3-14(4-2,8-15)9-18-13(19)12-10(16)6-5-7-11(12)17/h5-7H,3-4,8-9H2,1-2H3,(H,18,19). The highest BCUT2D eigenvalue weighted by molar-refractivity contribution is 9.09. The van der Waals surface area contributed by atoms with E-state index < -0.39 is 11.7 Å². The number of amides is 1. The average molecular weight is 351 g/mol. The van der Waals surface area contributed by atoms with Crippen molar-refractivity contribution in [2.24, 2.45) is 5.41 Å². The topological polar surface area (TPSA) is 29.1 Å².